The predicted molar refractivity (Wildman–Crippen MR) is 42.7 cm³/mol. The molecule has 0 amide bonds. The maximum atomic E-state index is 5.13. The topological polar surface area (TPSA) is 13.1 Å². The van der Waals surface area contributed by atoms with E-state index in [0.717, 1.165) is 12.2 Å². The molecule has 0 atom stereocenters. The van der Waals surface area contributed by atoms with Crippen LogP contribution in [0, 0.1) is 0 Å². The lowest BCUT2D eigenvalue weighted by atomic mass is 10.2. The van der Waals surface area contributed by atoms with Crippen LogP contribution in [0.15, 0.2) is 28.4 Å². The van der Waals surface area contributed by atoms with Crippen LogP contribution >= 0.6 is 0 Å². The van der Waals surface area contributed by atoms with Crippen LogP contribution in [0.3, 0.4) is 0 Å². The van der Waals surface area contributed by atoms with Crippen LogP contribution in [0.5, 0.6) is 0 Å². The molecule has 1 aromatic rings. The fourth-order valence-electron chi connectivity index (χ4n) is 0.718. The van der Waals surface area contributed by atoms with Crippen LogP contribution in [0.25, 0.3) is 6.08 Å². The normalized spacial score (nSPS) is 12.0. The smallest absolute Gasteiger partial charge is 0.126 e. The molecule has 0 radical (unpaired) electrons. The SMILES string of the molecule is CCC(C)=Cc1ccco1. The standard InChI is InChI=1S/C9H12O/c1-3-8(2)7-9-5-4-6-10-9/h4-7H,3H2,1-2H3. The van der Waals surface area contributed by atoms with Gasteiger partial charge in [0.1, 0.15) is 5.76 Å². The van der Waals surface area contributed by atoms with Gasteiger partial charge >= 0.3 is 0 Å². The van der Waals surface area contributed by atoms with E-state index < -0.39 is 0 Å². The van der Waals surface area contributed by atoms with Gasteiger partial charge < -0.3 is 4.42 Å². The molecule has 1 aromatic heterocycles. The molecule has 0 fully saturated rings. The van der Waals surface area contributed by atoms with Crippen molar-refractivity contribution in [1.82, 2.24) is 0 Å². The maximum absolute atomic E-state index is 5.13. The van der Waals surface area contributed by atoms with Gasteiger partial charge in [-0.1, -0.05) is 12.5 Å². The molecular formula is C9H12O. The van der Waals surface area contributed by atoms with Crippen molar-refractivity contribution < 1.29 is 4.42 Å². The molecule has 1 heterocycles. The summed E-state index contributed by atoms with van der Waals surface area (Å²) >= 11 is 0. The van der Waals surface area contributed by atoms with E-state index in [1.165, 1.54) is 5.57 Å². The third-order valence-corrected chi connectivity index (χ3v) is 1.49. The fraction of sp³-hybridized carbons (Fsp3) is 0.333. The van der Waals surface area contributed by atoms with Gasteiger partial charge in [0.15, 0.2) is 0 Å². The first-order valence-corrected chi connectivity index (χ1v) is 3.53. The van der Waals surface area contributed by atoms with Crippen molar-refractivity contribution in [3.8, 4) is 0 Å². The lowest BCUT2D eigenvalue weighted by molar-refractivity contribution is 0.556. The summed E-state index contributed by atoms with van der Waals surface area (Å²) in [6, 6.07) is 3.86. The van der Waals surface area contributed by atoms with Crippen molar-refractivity contribution in [3.63, 3.8) is 0 Å². The van der Waals surface area contributed by atoms with Crippen molar-refractivity contribution >= 4 is 6.08 Å². The number of hydrogen-bond acceptors (Lipinski definition) is 1. The van der Waals surface area contributed by atoms with E-state index in [1.807, 2.05) is 12.1 Å². The third-order valence-electron chi connectivity index (χ3n) is 1.49. The minimum absolute atomic E-state index is 0.944. The highest BCUT2D eigenvalue weighted by atomic mass is 16.3. The van der Waals surface area contributed by atoms with E-state index >= 15 is 0 Å². The van der Waals surface area contributed by atoms with Gasteiger partial charge in [0.25, 0.3) is 0 Å². The molecule has 0 bridgehead atoms. The molecule has 1 rings (SSSR count). The molecule has 0 spiro atoms. The molecule has 0 aliphatic heterocycles. The van der Waals surface area contributed by atoms with Crippen LogP contribution in [-0.4, -0.2) is 0 Å². The zero-order valence-corrected chi connectivity index (χ0v) is 6.42. The Morgan fingerprint density at radius 2 is 2.50 bits per heavy atom. The summed E-state index contributed by atoms with van der Waals surface area (Å²) in [6.07, 6.45) is 4.83. The van der Waals surface area contributed by atoms with Gasteiger partial charge in [-0.15, -0.1) is 0 Å². The molecule has 0 aromatic carbocycles. The first-order valence-electron chi connectivity index (χ1n) is 3.53. The number of rotatable bonds is 2. The van der Waals surface area contributed by atoms with E-state index in [0.29, 0.717) is 0 Å². The Bertz CT molecular complexity index is 207. The predicted octanol–water partition coefficient (Wildman–Crippen LogP) is 3.09. The van der Waals surface area contributed by atoms with Crippen molar-refractivity contribution in [2.75, 3.05) is 0 Å². The summed E-state index contributed by atoms with van der Waals surface area (Å²) in [5.74, 6) is 0.944. The lowest BCUT2D eigenvalue weighted by Crippen LogP contribution is -1.69. The van der Waals surface area contributed by atoms with E-state index in [9.17, 15) is 0 Å². The molecule has 0 saturated heterocycles. The summed E-state index contributed by atoms with van der Waals surface area (Å²) in [7, 11) is 0. The van der Waals surface area contributed by atoms with Crippen LogP contribution < -0.4 is 0 Å². The first kappa shape index (κ1) is 7.13. The summed E-state index contributed by atoms with van der Waals surface area (Å²) in [4.78, 5) is 0. The Labute approximate surface area is 61.4 Å². The van der Waals surface area contributed by atoms with Crippen molar-refractivity contribution in [2.24, 2.45) is 0 Å². The number of hydrogen-bond donors (Lipinski definition) is 0. The number of furan rings is 1. The van der Waals surface area contributed by atoms with Crippen LogP contribution in [-0.2, 0) is 0 Å². The zero-order chi connectivity index (χ0) is 7.40. The van der Waals surface area contributed by atoms with Gasteiger partial charge in [0.2, 0.25) is 0 Å². The van der Waals surface area contributed by atoms with Crippen molar-refractivity contribution in [2.45, 2.75) is 20.3 Å². The van der Waals surface area contributed by atoms with Gasteiger partial charge in [-0.25, -0.2) is 0 Å². The summed E-state index contributed by atoms with van der Waals surface area (Å²) in [5, 5.41) is 0. The lowest BCUT2D eigenvalue weighted by Gasteiger charge is -1.90. The second-order valence-corrected chi connectivity index (χ2v) is 2.36. The molecule has 1 nitrogen and oxygen atoms in total. The highest BCUT2D eigenvalue weighted by molar-refractivity contribution is 5.45. The van der Waals surface area contributed by atoms with Crippen molar-refractivity contribution in [1.29, 1.82) is 0 Å². The Kier molecular flexibility index (Phi) is 2.32. The first-order chi connectivity index (χ1) is 4.83. The van der Waals surface area contributed by atoms with E-state index in [2.05, 4.69) is 19.9 Å². The van der Waals surface area contributed by atoms with Gasteiger partial charge in [-0.2, -0.15) is 0 Å². The second kappa shape index (κ2) is 3.25. The van der Waals surface area contributed by atoms with E-state index in [4.69, 9.17) is 4.42 Å². The Morgan fingerprint density at radius 3 is 3.00 bits per heavy atom. The molecule has 1 heteroatoms. The van der Waals surface area contributed by atoms with Gasteiger partial charge in [-0.3, -0.25) is 0 Å². The molecule has 0 unspecified atom stereocenters. The van der Waals surface area contributed by atoms with E-state index in [-0.39, 0.29) is 0 Å². The molecule has 0 N–H and O–H groups in total. The molecule has 10 heavy (non-hydrogen) atoms. The second-order valence-electron chi connectivity index (χ2n) is 2.36. The van der Waals surface area contributed by atoms with E-state index in [1.54, 1.807) is 6.26 Å². The molecule has 0 aliphatic carbocycles. The molecule has 54 valence electrons. The highest BCUT2D eigenvalue weighted by Crippen LogP contribution is 2.08. The zero-order valence-electron chi connectivity index (χ0n) is 6.42. The highest BCUT2D eigenvalue weighted by Gasteiger charge is 1.89. The minimum atomic E-state index is 0.944. The molecular weight excluding hydrogens is 124 g/mol. The largest absolute Gasteiger partial charge is 0.465 e. The summed E-state index contributed by atoms with van der Waals surface area (Å²) in [6.45, 7) is 4.23. The van der Waals surface area contributed by atoms with Gasteiger partial charge in [0, 0.05) is 0 Å². The minimum Gasteiger partial charge on any atom is -0.465 e. The van der Waals surface area contributed by atoms with Gasteiger partial charge in [-0.05, 0) is 31.6 Å². The Morgan fingerprint density at radius 1 is 1.70 bits per heavy atom. The monoisotopic (exact) mass is 136 g/mol. The molecule has 0 saturated carbocycles. The third kappa shape index (κ3) is 1.76. The summed E-state index contributed by atoms with van der Waals surface area (Å²) in [5.41, 5.74) is 1.34. The van der Waals surface area contributed by atoms with Crippen LogP contribution in [0.2, 0.25) is 0 Å². The maximum Gasteiger partial charge on any atom is 0.126 e. The average molecular weight is 136 g/mol. The Hall–Kier alpha value is -0.980. The number of allylic oxidation sites excluding steroid dienone is 1. The van der Waals surface area contributed by atoms with Crippen molar-refractivity contribution in [3.05, 3.63) is 29.7 Å². The average Bonchev–Trinajstić information content (AvgIpc) is 2.40. The Balaban J connectivity index is 2.71. The quantitative estimate of drug-likeness (QED) is 0.609. The van der Waals surface area contributed by atoms with Crippen LogP contribution in [0.4, 0.5) is 0 Å². The van der Waals surface area contributed by atoms with Crippen LogP contribution in [0.1, 0.15) is 26.0 Å². The van der Waals surface area contributed by atoms with Gasteiger partial charge in [0.05, 0.1) is 6.26 Å². The molecule has 0 aliphatic rings. The fourth-order valence-corrected chi connectivity index (χ4v) is 0.718. The summed E-state index contributed by atoms with van der Waals surface area (Å²) < 4.78 is 5.13.